The summed E-state index contributed by atoms with van der Waals surface area (Å²) in [6, 6.07) is 1.82. The molecule has 1 aromatic rings. The topological polar surface area (TPSA) is 30.0 Å². The number of rotatable bonds is 1. The summed E-state index contributed by atoms with van der Waals surface area (Å²) in [5.74, 6) is 0.0353. The van der Waals surface area contributed by atoms with Crippen LogP contribution in [0.1, 0.15) is 22.8 Å². The highest BCUT2D eigenvalue weighted by atomic mass is 79.9. The Balaban J connectivity index is 3.23. The van der Waals surface area contributed by atoms with Crippen LogP contribution in [0.5, 0.6) is 0 Å². The van der Waals surface area contributed by atoms with Crippen LogP contribution in [0.25, 0.3) is 0 Å². The predicted molar refractivity (Wildman–Crippen MR) is 46.7 cm³/mol. The van der Waals surface area contributed by atoms with Gasteiger partial charge in [-0.15, -0.1) is 0 Å². The molecular formula is C8H8BrNO. The molecule has 11 heavy (non-hydrogen) atoms. The van der Waals surface area contributed by atoms with Gasteiger partial charge < -0.3 is 0 Å². The summed E-state index contributed by atoms with van der Waals surface area (Å²) in [6.45, 7) is 3.44. The third-order valence-corrected chi connectivity index (χ3v) is 1.99. The van der Waals surface area contributed by atoms with E-state index >= 15 is 0 Å². The lowest BCUT2D eigenvalue weighted by molar-refractivity contribution is 0.101. The van der Waals surface area contributed by atoms with E-state index in [1.807, 2.05) is 13.0 Å². The van der Waals surface area contributed by atoms with Crippen molar-refractivity contribution >= 4 is 21.7 Å². The van der Waals surface area contributed by atoms with E-state index in [1.165, 1.54) is 6.92 Å². The third kappa shape index (κ3) is 1.87. The number of carbonyl (C=O) groups excluding carboxylic acids is 1. The molecule has 3 heteroatoms. The first-order valence-electron chi connectivity index (χ1n) is 3.24. The average Bonchev–Trinajstić information content (AvgIpc) is 1.94. The molecule has 0 radical (unpaired) electrons. The zero-order chi connectivity index (χ0) is 8.43. The second-order valence-corrected chi connectivity index (χ2v) is 3.16. The number of pyridine rings is 1. The van der Waals surface area contributed by atoms with Gasteiger partial charge in [-0.2, -0.15) is 0 Å². The van der Waals surface area contributed by atoms with Gasteiger partial charge in [0.1, 0.15) is 4.60 Å². The van der Waals surface area contributed by atoms with E-state index < -0.39 is 0 Å². The van der Waals surface area contributed by atoms with Crippen LogP contribution < -0.4 is 0 Å². The lowest BCUT2D eigenvalue weighted by Crippen LogP contribution is -1.96. The summed E-state index contributed by atoms with van der Waals surface area (Å²) in [4.78, 5) is 14.9. The number of nitrogens with zero attached hydrogens (tertiary/aromatic N) is 1. The fraction of sp³-hybridized carbons (Fsp3) is 0.250. The van der Waals surface area contributed by atoms with Crippen molar-refractivity contribution in [2.45, 2.75) is 13.8 Å². The molecule has 2 nitrogen and oxygen atoms in total. The highest BCUT2D eigenvalue weighted by Gasteiger charge is 2.04. The van der Waals surface area contributed by atoms with Crippen molar-refractivity contribution in [3.63, 3.8) is 0 Å². The van der Waals surface area contributed by atoms with Gasteiger partial charge in [0.15, 0.2) is 5.78 Å². The fourth-order valence-corrected chi connectivity index (χ4v) is 1.30. The van der Waals surface area contributed by atoms with Gasteiger partial charge in [-0.3, -0.25) is 4.79 Å². The first-order valence-corrected chi connectivity index (χ1v) is 4.03. The Morgan fingerprint density at radius 2 is 2.27 bits per heavy atom. The Morgan fingerprint density at radius 3 is 2.73 bits per heavy atom. The van der Waals surface area contributed by atoms with E-state index in [0.29, 0.717) is 10.2 Å². The van der Waals surface area contributed by atoms with Crippen molar-refractivity contribution in [1.29, 1.82) is 0 Å². The summed E-state index contributed by atoms with van der Waals surface area (Å²) in [7, 11) is 0. The number of ketones is 1. The number of carbonyl (C=O) groups is 1. The largest absolute Gasteiger partial charge is 0.294 e. The Hall–Kier alpha value is -0.700. The van der Waals surface area contributed by atoms with Gasteiger partial charge in [0.25, 0.3) is 0 Å². The minimum absolute atomic E-state index is 0.0353. The maximum absolute atomic E-state index is 10.9. The van der Waals surface area contributed by atoms with Crippen molar-refractivity contribution in [2.75, 3.05) is 0 Å². The summed E-state index contributed by atoms with van der Waals surface area (Å²) in [6.07, 6.45) is 1.72. The van der Waals surface area contributed by atoms with Crippen LogP contribution in [-0.2, 0) is 0 Å². The van der Waals surface area contributed by atoms with E-state index in [1.54, 1.807) is 6.20 Å². The number of Topliss-reactive ketones (excluding diaryl/α,β-unsaturated/α-hetero) is 1. The summed E-state index contributed by atoms with van der Waals surface area (Å²) in [5.41, 5.74) is 1.64. The van der Waals surface area contributed by atoms with Crippen LogP contribution >= 0.6 is 15.9 Å². The Kier molecular flexibility index (Phi) is 2.39. The van der Waals surface area contributed by atoms with Gasteiger partial charge >= 0.3 is 0 Å². The summed E-state index contributed by atoms with van der Waals surface area (Å²) >= 11 is 3.20. The predicted octanol–water partition coefficient (Wildman–Crippen LogP) is 2.36. The summed E-state index contributed by atoms with van der Waals surface area (Å²) < 4.78 is 0.621. The summed E-state index contributed by atoms with van der Waals surface area (Å²) in [5, 5.41) is 0. The first-order chi connectivity index (χ1) is 5.11. The van der Waals surface area contributed by atoms with E-state index in [2.05, 4.69) is 20.9 Å². The van der Waals surface area contributed by atoms with Crippen molar-refractivity contribution in [3.05, 3.63) is 28.0 Å². The molecule has 0 atom stereocenters. The van der Waals surface area contributed by atoms with Crippen LogP contribution in [0.4, 0.5) is 0 Å². The van der Waals surface area contributed by atoms with E-state index in [0.717, 1.165) is 5.56 Å². The number of hydrogen-bond acceptors (Lipinski definition) is 2. The zero-order valence-corrected chi connectivity index (χ0v) is 7.97. The van der Waals surface area contributed by atoms with Crippen LogP contribution in [0, 0.1) is 6.92 Å². The number of aromatic nitrogens is 1. The second kappa shape index (κ2) is 3.13. The monoisotopic (exact) mass is 213 g/mol. The molecule has 0 aliphatic rings. The minimum atomic E-state index is 0.0353. The van der Waals surface area contributed by atoms with E-state index in [4.69, 9.17) is 0 Å². The molecule has 1 heterocycles. The van der Waals surface area contributed by atoms with Crippen LogP contribution in [-0.4, -0.2) is 10.8 Å². The molecule has 0 unspecified atom stereocenters. The molecule has 0 saturated heterocycles. The van der Waals surface area contributed by atoms with Gasteiger partial charge in [-0.05, 0) is 41.4 Å². The van der Waals surface area contributed by atoms with Gasteiger partial charge in [-0.25, -0.2) is 4.98 Å². The highest BCUT2D eigenvalue weighted by Crippen LogP contribution is 2.14. The highest BCUT2D eigenvalue weighted by molar-refractivity contribution is 9.10. The Bertz CT molecular complexity index is 296. The fourth-order valence-electron chi connectivity index (χ4n) is 0.799. The van der Waals surface area contributed by atoms with Crippen molar-refractivity contribution in [2.24, 2.45) is 0 Å². The number of aryl methyl sites for hydroxylation is 1. The number of halogens is 1. The average molecular weight is 214 g/mol. The quantitative estimate of drug-likeness (QED) is 0.530. The molecule has 0 N–H and O–H groups in total. The van der Waals surface area contributed by atoms with Crippen LogP contribution in [0.15, 0.2) is 16.9 Å². The van der Waals surface area contributed by atoms with Crippen LogP contribution in [0.2, 0.25) is 0 Å². The van der Waals surface area contributed by atoms with E-state index in [-0.39, 0.29) is 5.78 Å². The molecule has 0 aliphatic heterocycles. The molecule has 0 aliphatic carbocycles. The van der Waals surface area contributed by atoms with Gasteiger partial charge in [0.2, 0.25) is 0 Å². The molecule has 1 aromatic heterocycles. The minimum Gasteiger partial charge on any atom is -0.294 e. The normalized spacial score (nSPS) is 9.73. The van der Waals surface area contributed by atoms with Gasteiger partial charge in [-0.1, -0.05) is 0 Å². The smallest absolute Gasteiger partial charge is 0.162 e. The zero-order valence-electron chi connectivity index (χ0n) is 6.39. The van der Waals surface area contributed by atoms with Crippen LogP contribution in [0.3, 0.4) is 0 Å². The van der Waals surface area contributed by atoms with E-state index in [9.17, 15) is 4.79 Å². The van der Waals surface area contributed by atoms with Crippen molar-refractivity contribution in [3.8, 4) is 0 Å². The lowest BCUT2D eigenvalue weighted by atomic mass is 10.2. The standard InChI is InChI=1S/C8H8BrNO/c1-5-3-7(6(2)11)8(9)10-4-5/h3-4H,1-2H3. The molecule has 0 spiro atoms. The molecule has 0 amide bonds. The van der Waals surface area contributed by atoms with Gasteiger partial charge in [0, 0.05) is 6.20 Å². The van der Waals surface area contributed by atoms with Crippen molar-refractivity contribution < 1.29 is 4.79 Å². The Morgan fingerprint density at radius 1 is 1.64 bits per heavy atom. The maximum atomic E-state index is 10.9. The molecule has 0 fully saturated rings. The number of hydrogen-bond donors (Lipinski definition) is 0. The molecule has 0 saturated carbocycles. The molecule has 1 rings (SSSR count). The lowest BCUT2D eigenvalue weighted by Gasteiger charge is -1.98. The molecule has 0 bridgehead atoms. The van der Waals surface area contributed by atoms with Gasteiger partial charge in [0.05, 0.1) is 5.56 Å². The molecule has 58 valence electrons. The first kappa shape index (κ1) is 8.40. The second-order valence-electron chi connectivity index (χ2n) is 2.41. The molecule has 0 aromatic carbocycles. The maximum Gasteiger partial charge on any atom is 0.162 e. The third-order valence-electron chi connectivity index (χ3n) is 1.36. The SMILES string of the molecule is CC(=O)c1cc(C)cnc1Br. The van der Waals surface area contributed by atoms with Crippen molar-refractivity contribution in [1.82, 2.24) is 4.98 Å². The molecular weight excluding hydrogens is 206 g/mol. The Labute approximate surface area is 73.8 Å².